The fourth-order valence-electron chi connectivity index (χ4n) is 3.54. The van der Waals surface area contributed by atoms with Gasteiger partial charge in [0.05, 0.1) is 25.1 Å². The molecule has 0 bridgehead atoms. The molecule has 0 radical (unpaired) electrons. The number of anilines is 2. The van der Waals surface area contributed by atoms with E-state index in [2.05, 4.69) is 25.4 Å². The van der Waals surface area contributed by atoms with Crippen molar-refractivity contribution in [2.45, 2.75) is 6.92 Å². The summed E-state index contributed by atoms with van der Waals surface area (Å²) in [6.45, 7) is 4.67. The lowest BCUT2D eigenvalue weighted by Crippen LogP contribution is -2.37. The van der Waals surface area contributed by atoms with Crippen molar-refractivity contribution in [3.63, 3.8) is 0 Å². The van der Waals surface area contributed by atoms with Gasteiger partial charge in [-0.25, -0.2) is 9.97 Å². The van der Waals surface area contributed by atoms with Crippen LogP contribution in [-0.2, 0) is 4.74 Å². The van der Waals surface area contributed by atoms with Crippen molar-refractivity contribution in [1.82, 2.24) is 24.5 Å². The van der Waals surface area contributed by atoms with Gasteiger partial charge >= 0.3 is 0 Å². The number of aromatic nitrogens is 5. The van der Waals surface area contributed by atoms with Gasteiger partial charge in [-0.1, -0.05) is 29.8 Å². The minimum absolute atomic E-state index is 0.0760. The number of hydrogen-bond acceptors (Lipinski definition) is 9. The maximum atomic E-state index is 9.81. The van der Waals surface area contributed by atoms with E-state index in [4.69, 9.17) is 14.7 Å². The molecule has 1 aromatic carbocycles. The molecule has 0 atom stereocenters. The van der Waals surface area contributed by atoms with Gasteiger partial charge in [0.15, 0.2) is 17.0 Å². The second-order valence-electron chi connectivity index (χ2n) is 7.41. The van der Waals surface area contributed by atoms with Crippen LogP contribution in [0, 0.1) is 6.92 Å². The molecule has 10 heteroatoms. The number of ether oxygens (including phenoxy) is 1. The van der Waals surface area contributed by atoms with E-state index in [-0.39, 0.29) is 5.88 Å². The Bertz CT molecular complexity index is 1280. The standard InChI is InChI=1S/C22H22N8O2/c1-15-3-2-4-16(11-15)13-25-28-20-19-21(27-22(26-20)29-7-9-32-10-8-29)30(14-24-19)17-5-6-23-18(31)12-17/h2-6,11-14H,7-10H2,1H3,(H,23,31)(H,26,27,28). The molecular formula is C22H22N8O2. The lowest BCUT2D eigenvalue weighted by Gasteiger charge is -2.27. The summed E-state index contributed by atoms with van der Waals surface area (Å²) in [6.07, 6.45) is 4.92. The van der Waals surface area contributed by atoms with E-state index in [1.54, 1.807) is 29.2 Å². The molecule has 4 aromatic rings. The predicted octanol–water partition coefficient (Wildman–Crippen LogP) is 2.51. The zero-order valence-electron chi connectivity index (χ0n) is 17.5. The van der Waals surface area contributed by atoms with Crippen molar-refractivity contribution >= 4 is 29.1 Å². The Morgan fingerprint density at radius 1 is 1.12 bits per heavy atom. The molecule has 1 saturated heterocycles. The summed E-state index contributed by atoms with van der Waals surface area (Å²) in [4.78, 5) is 19.9. The summed E-state index contributed by atoms with van der Waals surface area (Å²) >= 11 is 0. The summed E-state index contributed by atoms with van der Waals surface area (Å²) in [6, 6.07) is 11.4. The van der Waals surface area contributed by atoms with Crippen molar-refractivity contribution < 1.29 is 9.84 Å². The van der Waals surface area contributed by atoms with E-state index in [9.17, 15) is 5.11 Å². The van der Waals surface area contributed by atoms with E-state index < -0.39 is 0 Å². The van der Waals surface area contributed by atoms with Gasteiger partial charge < -0.3 is 14.7 Å². The molecule has 5 rings (SSSR count). The maximum Gasteiger partial charge on any atom is 0.229 e. The van der Waals surface area contributed by atoms with E-state index in [0.29, 0.717) is 54.9 Å². The highest BCUT2D eigenvalue weighted by atomic mass is 16.5. The van der Waals surface area contributed by atoms with E-state index in [0.717, 1.165) is 11.1 Å². The van der Waals surface area contributed by atoms with E-state index in [1.807, 2.05) is 31.2 Å². The van der Waals surface area contributed by atoms with Crippen LogP contribution >= 0.6 is 0 Å². The predicted molar refractivity (Wildman–Crippen MR) is 122 cm³/mol. The van der Waals surface area contributed by atoms with Crippen LogP contribution in [0.4, 0.5) is 11.8 Å². The summed E-state index contributed by atoms with van der Waals surface area (Å²) in [7, 11) is 0. The summed E-state index contributed by atoms with van der Waals surface area (Å²) in [5.41, 5.74) is 7.04. The number of aryl methyl sites for hydroxylation is 1. The highest BCUT2D eigenvalue weighted by Crippen LogP contribution is 2.26. The quantitative estimate of drug-likeness (QED) is 0.367. The molecule has 32 heavy (non-hydrogen) atoms. The number of benzene rings is 1. The molecule has 2 N–H and O–H groups in total. The third-order valence-corrected chi connectivity index (χ3v) is 5.11. The van der Waals surface area contributed by atoms with Gasteiger partial charge in [-0.2, -0.15) is 15.1 Å². The number of hydrogen-bond donors (Lipinski definition) is 2. The smallest absolute Gasteiger partial charge is 0.229 e. The summed E-state index contributed by atoms with van der Waals surface area (Å²) in [5, 5.41) is 14.2. The molecule has 0 aliphatic carbocycles. The SMILES string of the molecule is Cc1cccc(C=NNc2nc(N3CCOCC3)nc3c2ncn3-c2ccnc(O)c2)c1. The normalized spacial score (nSPS) is 14.3. The Morgan fingerprint density at radius 3 is 2.81 bits per heavy atom. The third kappa shape index (κ3) is 4.08. The van der Waals surface area contributed by atoms with Crippen molar-refractivity contribution in [3.05, 3.63) is 60.0 Å². The van der Waals surface area contributed by atoms with Crippen molar-refractivity contribution in [2.24, 2.45) is 5.10 Å². The van der Waals surface area contributed by atoms with Gasteiger partial charge in [-0.3, -0.25) is 9.99 Å². The topological polar surface area (TPSA) is 114 Å². The van der Waals surface area contributed by atoms with Gasteiger partial charge in [0.2, 0.25) is 11.8 Å². The Hall–Kier alpha value is -4.05. The molecule has 0 unspecified atom stereocenters. The number of imidazole rings is 1. The van der Waals surface area contributed by atoms with Crippen molar-refractivity contribution in [2.75, 3.05) is 36.6 Å². The molecule has 1 fully saturated rings. The maximum absolute atomic E-state index is 9.81. The van der Waals surface area contributed by atoms with Crippen LogP contribution in [0.15, 0.2) is 54.0 Å². The first kappa shape index (κ1) is 19.9. The van der Waals surface area contributed by atoms with Crippen LogP contribution in [0.5, 0.6) is 5.88 Å². The Balaban J connectivity index is 1.55. The minimum atomic E-state index is -0.0760. The van der Waals surface area contributed by atoms with Crippen LogP contribution in [-0.4, -0.2) is 62.1 Å². The number of fused-ring (bicyclic) bond motifs is 1. The number of nitrogens with one attached hydrogen (secondary N) is 1. The second-order valence-corrected chi connectivity index (χ2v) is 7.41. The summed E-state index contributed by atoms with van der Waals surface area (Å²) < 4.78 is 7.25. The molecule has 162 valence electrons. The van der Waals surface area contributed by atoms with Crippen LogP contribution < -0.4 is 10.3 Å². The molecule has 3 aromatic heterocycles. The molecule has 0 saturated carbocycles. The summed E-state index contributed by atoms with van der Waals surface area (Å²) in [5.74, 6) is 0.986. The number of nitrogens with zero attached hydrogens (tertiary/aromatic N) is 7. The van der Waals surface area contributed by atoms with Crippen LogP contribution in [0.2, 0.25) is 0 Å². The first-order valence-corrected chi connectivity index (χ1v) is 10.3. The fraction of sp³-hybridized carbons (Fsp3) is 0.227. The molecule has 10 nitrogen and oxygen atoms in total. The van der Waals surface area contributed by atoms with Gasteiger partial charge in [-0.15, -0.1) is 0 Å². The number of pyridine rings is 1. The number of aromatic hydroxyl groups is 1. The average molecular weight is 430 g/mol. The highest BCUT2D eigenvalue weighted by Gasteiger charge is 2.20. The zero-order chi connectivity index (χ0) is 21.9. The largest absolute Gasteiger partial charge is 0.493 e. The Morgan fingerprint density at radius 2 is 2.00 bits per heavy atom. The molecule has 1 aliphatic heterocycles. The average Bonchev–Trinajstić information content (AvgIpc) is 3.24. The van der Waals surface area contributed by atoms with Crippen LogP contribution in [0.25, 0.3) is 16.9 Å². The first-order valence-electron chi connectivity index (χ1n) is 10.3. The number of hydrazone groups is 1. The monoisotopic (exact) mass is 430 g/mol. The highest BCUT2D eigenvalue weighted by molar-refractivity contribution is 5.87. The first-order chi connectivity index (χ1) is 15.7. The van der Waals surface area contributed by atoms with Gasteiger partial charge in [0, 0.05) is 25.4 Å². The fourth-order valence-corrected chi connectivity index (χ4v) is 3.54. The number of morpholine rings is 1. The lowest BCUT2D eigenvalue weighted by atomic mass is 10.2. The Kier molecular flexibility index (Phi) is 5.34. The van der Waals surface area contributed by atoms with Gasteiger partial charge in [-0.05, 0) is 18.6 Å². The molecule has 0 spiro atoms. The second kappa shape index (κ2) is 8.60. The lowest BCUT2D eigenvalue weighted by molar-refractivity contribution is 0.122. The molecule has 4 heterocycles. The molecular weight excluding hydrogens is 408 g/mol. The van der Waals surface area contributed by atoms with Crippen LogP contribution in [0.1, 0.15) is 11.1 Å². The van der Waals surface area contributed by atoms with E-state index >= 15 is 0 Å². The van der Waals surface area contributed by atoms with Crippen molar-refractivity contribution in [1.29, 1.82) is 0 Å². The molecule has 1 aliphatic rings. The molecule has 0 amide bonds. The van der Waals surface area contributed by atoms with Gasteiger partial charge in [0.1, 0.15) is 6.33 Å². The third-order valence-electron chi connectivity index (χ3n) is 5.11. The number of rotatable bonds is 5. The zero-order valence-corrected chi connectivity index (χ0v) is 17.5. The van der Waals surface area contributed by atoms with Crippen molar-refractivity contribution in [3.8, 4) is 11.6 Å². The minimum Gasteiger partial charge on any atom is -0.493 e. The Labute approximate surface area is 184 Å². The van der Waals surface area contributed by atoms with Crippen LogP contribution in [0.3, 0.4) is 0 Å². The van der Waals surface area contributed by atoms with E-state index in [1.165, 1.54) is 6.20 Å². The van der Waals surface area contributed by atoms with Gasteiger partial charge in [0.25, 0.3) is 0 Å².